The Bertz CT molecular complexity index is 975. The van der Waals surface area contributed by atoms with Crippen LogP contribution in [-0.2, 0) is 17.6 Å². The van der Waals surface area contributed by atoms with Crippen LogP contribution in [0.1, 0.15) is 54.5 Å². The van der Waals surface area contributed by atoms with Crippen molar-refractivity contribution in [3.05, 3.63) is 74.9 Å². The summed E-state index contributed by atoms with van der Waals surface area (Å²) in [5.74, 6) is -0.363. The molecule has 1 amide bonds. The molecule has 1 atom stereocenters. The molecule has 2 aromatic rings. The molecule has 2 aromatic carbocycles. The SMILES string of the molecule is CCC(NC(=O)/C(C#N)=C\Nc1ccc(Br)c(C)c1)c1ccc2c(c1)CCCC2. The topological polar surface area (TPSA) is 64.9 Å². The largest absolute Gasteiger partial charge is 0.360 e. The van der Waals surface area contributed by atoms with E-state index in [4.69, 9.17) is 0 Å². The van der Waals surface area contributed by atoms with E-state index in [1.54, 1.807) is 0 Å². The predicted octanol–water partition coefficient (Wildman–Crippen LogP) is 5.72. The van der Waals surface area contributed by atoms with Crippen molar-refractivity contribution in [3.8, 4) is 6.07 Å². The number of aryl methyl sites for hydroxylation is 3. The molecule has 0 saturated heterocycles. The summed E-state index contributed by atoms with van der Waals surface area (Å²) in [4.78, 5) is 12.7. The Morgan fingerprint density at radius 2 is 1.97 bits per heavy atom. The first-order valence-corrected chi connectivity index (χ1v) is 10.9. The first-order valence-electron chi connectivity index (χ1n) is 10.1. The maximum Gasteiger partial charge on any atom is 0.263 e. The Labute approximate surface area is 181 Å². The fraction of sp³-hybridized carbons (Fsp3) is 0.333. The number of hydrogen-bond donors (Lipinski definition) is 2. The van der Waals surface area contributed by atoms with Gasteiger partial charge in [-0.15, -0.1) is 0 Å². The van der Waals surface area contributed by atoms with Crippen LogP contribution in [0.3, 0.4) is 0 Å². The van der Waals surface area contributed by atoms with Crippen molar-refractivity contribution in [3.63, 3.8) is 0 Å². The molecular formula is C24H26BrN3O. The van der Waals surface area contributed by atoms with Crippen molar-refractivity contribution in [1.82, 2.24) is 5.32 Å². The number of carbonyl (C=O) groups is 1. The van der Waals surface area contributed by atoms with Crippen molar-refractivity contribution in [2.24, 2.45) is 0 Å². The normalized spacial score (nSPS) is 14.5. The lowest BCUT2D eigenvalue weighted by molar-refractivity contribution is -0.117. The molecule has 150 valence electrons. The van der Waals surface area contributed by atoms with E-state index in [9.17, 15) is 10.1 Å². The standard InChI is InChI=1S/C24H26BrN3O/c1-3-23(19-9-8-17-6-4-5-7-18(17)13-19)28-24(29)20(14-26)15-27-21-10-11-22(25)16(2)12-21/h8-13,15,23,27H,3-7H2,1-2H3,(H,28,29)/b20-15-. The predicted molar refractivity (Wildman–Crippen MR) is 120 cm³/mol. The van der Waals surface area contributed by atoms with E-state index in [0.717, 1.165) is 40.5 Å². The molecule has 4 nitrogen and oxygen atoms in total. The van der Waals surface area contributed by atoms with E-state index in [2.05, 4.69) is 44.8 Å². The monoisotopic (exact) mass is 451 g/mol. The number of anilines is 1. The summed E-state index contributed by atoms with van der Waals surface area (Å²) >= 11 is 3.47. The first-order chi connectivity index (χ1) is 14.0. The highest BCUT2D eigenvalue weighted by atomic mass is 79.9. The number of nitriles is 1. The zero-order valence-electron chi connectivity index (χ0n) is 16.9. The van der Waals surface area contributed by atoms with Gasteiger partial charge in [0, 0.05) is 16.4 Å². The van der Waals surface area contributed by atoms with Crippen LogP contribution in [0.2, 0.25) is 0 Å². The van der Waals surface area contributed by atoms with E-state index in [-0.39, 0.29) is 17.5 Å². The lowest BCUT2D eigenvalue weighted by Crippen LogP contribution is -2.29. The number of fused-ring (bicyclic) bond motifs is 1. The number of nitrogens with one attached hydrogen (secondary N) is 2. The minimum Gasteiger partial charge on any atom is -0.360 e. The molecule has 0 bridgehead atoms. The van der Waals surface area contributed by atoms with Gasteiger partial charge in [0.15, 0.2) is 0 Å². The van der Waals surface area contributed by atoms with Crippen LogP contribution in [0.5, 0.6) is 0 Å². The van der Waals surface area contributed by atoms with Gasteiger partial charge in [-0.05, 0) is 79.5 Å². The maximum absolute atomic E-state index is 12.7. The molecular weight excluding hydrogens is 426 g/mol. The molecule has 0 saturated carbocycles. The van der Waals surface area contributed by atoms with E-state index < -0.39 is 0 Å². The second-order valence-corrected chi connectivity index (χ2v) is 8.30. The molecule has 3 rings (SSSR count). The highest BCUT2D eigenvalue weighted by Crippen LogP contribution is 2.26. The lowest BCUT2D eigenvalue weighted by atomic mass is 9.88. The number of rotatable bonds is 6. The third-order valence-electron chi connectivity index (χ3n) is 5.39. The van der Waals surface area contributed by atoms with Crippen molar-refractivity contribution in [1.29, 1.82) is 5.26 Å². The molecule has 0 fully saturated rings. The van der Waals surface area contributed by atoms with Gasteiger partial charge in [0.2, 0.25) is 0 Å². The minimum absolute atomic E-state index is 0.0574. The number of carbonyl (C=O) groups excluding carboxylic acids is 1. The number of amides is 1. The van der Waals surface area contributed by atoms with E-state index in [1.807, 2.05) is 38.1 Å². The van der Waals surface area contributed by atoms with E-state index in [0.29, 0.717) is 0 Å². The van der Waals surface area contributed by atoms with Crippen LogP contribution < -0.4 is 10.6 Å². The van der Waals surface area contributed by atoms with Crippen molar-refractivity contribution >= 4 is 27.5 Å². The molecule has 29 heavy (non-hydrogen) atoms. The van der Waals surface area contributed by atoms with Gasteiger partial charge in [0.25, 0.3) is 5.91 Å². The van der Waals surface area contributed by atoms with E-state index in [1.165, 1.54) is 30.2 Å². The summed E-state index contributed by atoms with van der Waals surface area (Å²) in [6.45, 7) is 4.03. The molecule has 2 N–H and O–H groups in total. The Hall–Kier alpha value is -2.58. The van der Waals surface area contributed by atoms with Crippen molar-refractivity contribution in [2.75, 3.05) is 5.32 Å². The smallest absolute Gasteiger partial charge is 0.263 e. The number of halogens is 1. The molecule has 0 radical (unpaired) electrons. The van der Waals surface area contributed by atoms with Gasteiger partial charge in [0.05, 0.1) is 6.04 Å². The quantitative estimate of drug-likeness (QED) is 0.435. The Morgan fingerprint density at radius 3 is 2.66 bits per heavy atom. The summed E-state index contributed by atoms with van der Waals surface area (Å²) in [7, 11) is 0. The van der Waals surface area contributed by atoms with Crippen LogP contribution in [0.25, 0.3) is 0 Å². The molecule has 1 aliphatic carbocycles. The molecule has 0 spiro atoms. The molecule has 5 heteroatoms. The van der Waals surface area contributed by atoms with Crippen LogP contribution in [-0.4, -0.2) is 5.91 Å². The van der Waals surface area contributed by atoms with Gasteiger partial charge in [-0.3, -0.25) is 4.79 Å². The van der Waals surface area contributed by atoms with Crippen LogP contribution in [0.15, 0.2) is 52.6 Å². The van der Waals surface area contributed by atoms with Gasteiger partial charge in [0.1, 0.15) is 11.6 Å². The van der Waals surface area contributed by atoms with Crippen LogP contribution in [0.4, 0.5) is 5.69 Å². The number of nitrogens with zero attached hydrogens (tertiary/aromatic N) is 1. The van der Waals surface area contributed by atoms with Gasteiger partial charge < -0.3 is 10.6 Å². The first kappa shape index (κ1) is 21.1. The van der Waals surface area contributed by atoms with Gasteiger partial charge in [-0.1, -0.05) is 41.1 Å². The third kappa shape index (κ3) is 5.27. The third-order valence-corrected chi connectivity index (χ3v) is 6.28. The van der Waals surface area contributed by atoms with Gasteiger partial charge >= 0.3 is 0 Å². The van der Waals surface area contributed by atoms with E-state index >= 15 is 0 Å². The maximum atomic E-state index is 12.7. The molecule has 1 aliphatic rings. The molecule has 0 aliphatic heterocycles. The van der Waals surface area contributed by atoms with Crippen molar-refractivity contribution in [2.45, 2.75) is 52.0 Å². The van der Waals surface area contributed by atoms with Crippen LogP contribution >= 0.6 is 15.9 Å². The molecule has 0 aromatic heterocycles. The minimum atomic E-state index is -0.363. The average molecular weight is 452 g/mol. The number of hydrogen-bond acceptors (Lipinski definition) is 3. The fourth-order valence-electron chi connectivity index (χ4n) is 3.67. The Kier molecular flexibility index (Phi) is 7.11. The number of benzene rings is 2. The summed E-state index contributed by atoms with van der Waals surface area (Å²) in [5, 5.41) is 15.5. The summed E-state index contributed by atoms with van der Waals surface area (Å²) < 4.78 is 1.01. The Morgan fingerprint density at radius 1 is 1.21 bits per heavy atom. The molecule has 1 unspecified atom stereocenters. The summed E-state index contributed by atoms with van der Waals surface area (Å²) in [6.07, 6.45) is 6.96. The zero-order valence-corrected chi connectivity index (χ0v) is 18.5. The van der Waals surface area contributed by atoms with Gasteiger partial charge in [-0.2, -0.15) is 5.26 Å². The zero-order chi connectivity index (χ0) is 20.8. The second-order valence-electron chi connectivity index (χ2n) is 7.45. The molecule has 0 heterocycles. The second kappa shape index (κ2) is 9.76. The highest BCUT2D eigenvalue weighted by molar-refractivity contribution is 9.10. The lowest BCUT2D eigenvalue weighted by Gasteiger charge is -2.21. The highest BCUT2D eigenvalue weighted by Gasteiger charge is 2.18. The van der Waals surface area contributed by atoms with Gasteiger partial charge in [-0.25, -0.2) is 0 Å². The summed E-state index contributed by atoms with van der Waals surface area (Å²) in [6, 6.07) is 14.2. The Balaban J connectivity index is 1.71. The summed E-state index contributed by atoms with van der Waals surface area (Å²) in [5.41, 5.74) is 5.88. The van der Waals surface area contributed by atoms with Crippen LogP contribution in [0, 0.1) is 18.3 Å². The average Bonchev–Trinajstić information content (AvgIpc) is 2.74. The van der Waals surface area contributed by atoms with Crippen molar-refractivity contribution < 1.29 is 4.79 Å². The fourth-order valence-corrected chi connectivity index (χ4v) is 3.91.